The molecule has 0 radical (unpaired) electrons. The average Bonchev–Trinajstić information content (AvgIpc) is 2.92. The van der Waals surface area contributed by atoms with E-state index in [0.717, 1.165) is 16.5 Å². The Bertz CT molecular complexity index is 807. The molecule has 23 heavy (non-hydrogen) atoms. The number of hydrogen-bond donors (Lipinski definition) is 3. The molecular weight excluding hydrogens is 290 g/mol. The number of carbonyl (C=O) groups excluding carboxylic acids is 1. The van der Waals surface area contributed by atoms with Crippen LogP contribution in [-0.2, 0) is 11.2 Å². The van der Waals surface area contributed by atoms with Crippen LogP contribution in [0.4, 0.5) is 11.6 Å². The minimum absolute atomic E-state index is 0.117. The van der Waals surface area contributed by atoms with Gasteiger partial charge in [0.05, 0.1) is 6.42 Å². The second-order valence-corrected chi connectivity index (χ2v) is 5.69. The highest BCUT2D eigenvalue weighted by atomic mass is 16.1. The number of rotatable bonds is 5. The van der Waals surface area contributed by atoms with Crippen molar-refractivity contribution in [3.63, 3.8) is 0 Å². The van der Waals surface area contributed by atoms with Crippen LogP contribution in [0.2, 0.25) is 0 Å². The summed E-state index contributed by atoms with van der Waals surface area (Å²) in [5.74, 6) is 1.02. The zero-order valence-corrected chi connectivity index (χ0v) is 13.1. The number of fused-ring (bicyclic) bond motifs is 1. The summed E-state index contributed by atoms with van der Waals surface area (Å²) in [6.07, 6.45) is 2.16. The highest BCUT2D eigenvalue weighted by Gasteiger charge is 2.09. The van der Waals surface area contributed by atoms with Crippen molar-refractivity contribution in [2.45, 2.75) is 26.3 Å². The lowest BCUT2D eigenvalue weighted by Gasteiger charge is -2.08. The van der Waals surface area contributed by atoms with E-state index in [2.05, 4.69) is 25.8 Å². The second-order valence-electron chi connectivity index (χ2n) is 5.69. The highest BCUT2D eigenvalue weighted by Crippen LogP contribution is 2.18. The molecule has 0 bridgehead atoms. The second kappa shape index (κ2) is 6.48. The van der Waals surface area contributed by atoms with Crippen LogP contribution in [0.3, 0.4) is 0 Å². The molecule has 0 aliphatic rings. The molecule has 0 unspecified atom stereocenters. The Hall–Kier alpha value is -2.89. The van der Waals surface area contributed by atoms with Crippen molar-refractivity contribution in [2.75, 3.05) is 10.6 Å². The Morgan fingerprint density at radius 2 is 1.87 bits per heavy atom. The quantitative estimate of drug-likeness (QED) is 0.676. The third kappa shape index (κ3) is 3.66. The minimum atomic E-state index is -0.117. The van der Waals surface area contributed by atoms with E-state index < -0.39 is 0 Å². The van der Waals surface area contributed by atoms with Crippen LogP contribution in [0, 0.1) is 0 Å². The fraction of sp³-hybridized carbons (Fsp3) is 0.235. The number of benzene rings is 1. The summed E-state index contributed by atoms with van der Waals surface area (Å²) in [7, 11) is 0. The maximum atomic E-state index is 12.2. The SMILES string of the molecule is CC(C)Nc1ccc(NC(=O)Cc2c[nH]c3ccccc23)nn1. The van der Waals surface area contributed by atoms with Gasteiger partial charge in [-0.1, -0.05) is 18.2 Å². The largest absolute Gasteiger partial charge is 0.366 e. The summed E-state index contributed by atoms with van der Waals surface area (Å²) in [6.45, 7) is 4.05. The van der Waals surface area contributed by atoms with Crippen LogP contribution in [0.15, 0.2) is 42.6 Å². The number of hydrogen-bond acceptors (Lipinski definition) is 4. The van der Waals surface area contributed by atoms with Gasteiger partial charge in [0.1, 0.15) is 5.82 Å². The van der Waals surface area contributed by atoms with Crippen molar-refractivity contribution in [3.05, 3.63) is 48.2 Å². The molecular formula is C17H19N5O. The number of para-hydroxylation sites is 1. The highest BCUT2D eigenvalue weighted by molar-refractivity contribution is 5.95. The zero-order chi connectivity index (χ0) is 16.2. The number of nitrogens with zero attached hydrogens (tertiary/aromatic N) is 2. The lowest BCUT2D eigenvalue weighted by molar-refractivity contribution is -0.115. The van der Waals surface area contributed by atoms with E-state index in [1.54, 1.807) is 12.1 Å². The predicted octanol–water partition coefficient (Wildman–Crippen LogP) is 2.96. The first-order valence-corrected chi connectivity index (χ1v) is 7.57. The zero-order valence-electron chi connectivity index (χ0n) is 13.1. The lowest BCUT2D eigenvalue weighted by atomic mass is 10.1. The van der Waals surface area contributed by atoms with Crippen molar-refractivity contribution in [1.82, 2.24) is 15.2 Å². The average molecular weight is 309 g/mol. The summed E-state index contributed by atoms with van der Waals surface area (Å²) >= 11 is 0. The van der Waals surface area contributed by atoms with Crippen molar-refractivity contribution in [3.8, 4) is 0 Å². The van der Waals surface area contributed by atoms with E-state index in [-0.39, 0.29) is 18.4 Å². The van der Waals surface area contributed by atoms with Gasteiger partial charge in [-0.15, -0.1) is 10.2 Å². The van der Waals surface area contributed by atoms with Gasteiger partial charge in [-0.2, -0.15) is 0 Å². The Balaban J connectivity index is 1.65. The normalized spacial score (nSPS) is 10.9. The summed E-state index contributed by atoms with van der Waals surface area (Å²) in [5.41, 5.74) is 1.99. The van der Waals surface area contributed by atoms with Gasteiger partial charge in [-0.05, 0) is 37.6 Å². The van der Waals surface area contributed by atoms with Gasteiger partial charge >= 0.3 is 0 Å². The molecule has 0 fully saturated rings. The molecule has 3 N–H and O–H groups in total. The van der Waals surface area contributed by atoms with Crippen LogP contribution >= 0.6 is 0 Å². The van der Waals surface area contributed by atoms with Gasteiger partial charge in [0.15, 0.2) is 5.82 Å². The van der Waals surface area contributed by atoms with E-state index in [9.17, 15) is 4.79 Å². The van der Waals surface area contributed by atoms with E-state index in [4.69, 9.17) is 0 Å². The molecule has 0 aliphatic heterocycles. The fourth-order valence-electron chi connectivity index (χ4n) is 2.41. The molecule has 1 amide bonds. The molecule has 0 saturated carbocycles. The maximum Gasteiger partial charge on any atom is 0.230 e. The van der Waals surface area contributed by atoms with Crippen LogP contribution in [-0.4, -0.2) is 27.1 Å². The van der Waals surface area contributed by atoms with Crippen molar-refractivity contribution in [1.29, 1.82) is 0 Å². The van der Waals surface area contributed by atoms with Gasteiger partial charge < -0.3 is 15.6 Å². The summed E-state index contributed by atoms with van der Waals surface area (Å²) < 4.78 is 0. The Kier molecular flexibility index (Phi) is 4.23. The number of amides is 1. The maximum absolute atomic E-state index is 12.2. The number of aromatic nitrogens is 3. The monoisotopic (exact) mass is 309 g/mol. The third-order valence-electron chi connectivity index (χ3n) is 3.39. The molecule has 0 atom stereocenters. The van der Waals surface area contributed by atoms with Crippen LogP contribution in [0.25, 0.3) is 10.9 Å². The van der Waals surface area contributed by atoms with Gasteiger partial charge in [0.2, 0.25) is 5.91 Å². The Morgan fingerprint density at radius 1 is 1.13 bits per heavy atom. The topological polar surface area (TPSA) is 82.7 Å². The standard InChI is InChI=1S/C17H19N5O/c1-11(2)19-15-7-8-16(22-21-15)20-17(23)9-12-10-18-14-6-4-3-5-13(12)14/h3-8,10-11,18H,9H2,1-2H3,(H,19,21)(H,20,22,23). The molecule has 0 aliphatic carbocycles. The fourth-order valence-corrected chi connectivity index (χ4v) is 2.41. The smallest absolute Gasteiger partial charge is 0.230 e. The molecule has 1 aromatic carbocycles. The van der Waals surface area contributed by atoms with Crippen LogP contribution in [0.5, 0.6) is 0 Å². The first kappa shape index (κ1) is 15.0. The van der Waals surface area contributed by atoms with Crippen molar-refractivity contribution < 1.29 is 4.79 Å². The van der Waals surface area contributed by atoms with Gasteiger partial charge in [-0.25, -0.2) is 0 Å². The molecule has 0 spiro atoms. The molecule has 2 heterocycles. The summed E-state index contributed by atoms with van der Waals surface area (Å²) in [5, 5.41) is 15.0. The molecule has 3 rings (SSSR count). The number of anilines is 2. The predicted molar refractivity (Wildman–Crippen MR) is 91.4 cm³/mol. The Morgan fingerprint density at radius 3 is 2.61 bits per heavy atom. The molecule has 6 heteroatoms. The van der Waals surface area contributed by atoms with Crippen molar-refractivity contribution >= 4 is 28.4 Å². The number of H-pyrrole nitrogens is 1. The summed E-state index contributed by atoms with van der Waals surface area (Å²) in [4.78, 5) is 15.3. The van der Waals surface area contributed by atoms with Crippen LogP contribution < -0.4 is 10.6 Å². The minimum Gasteiger partial charge on any atom is -0.366 e. The summed E-state index contributed by atoms with van der Waals surface area (Å²) in [6, 6.07) is 11.7. The molecule has 2 aromatic heterocycles. The van der Waals surface area contributed by atoms with Crippen LogP contribution in [0.1, 0.15) is 19.4 Å². The first-order valence-electron chi connectivity index (χ1n) is 7.57. The van der Waals surface area contributed by atoms with Gasteiger partial charge in [0, 0.05) is 23.1 Å². The van der Waals surface area contributed by atoms with E-state index >= 15 is 0 Å². The van der Waals surface area contributed by atoms with Gasteiger partial charge in [0.25, 0.3) is 0 Å². The van der Waals surface area contributed by atoms with Crippen molar-refractivity contribution in [2.24, 2.45) is 0 Å². The number of carbonyl (C=O) groups is 1. The third-order valence-corrected chi connectivity index (χ3v) is 3.39. The Labute approximate surface area is 134 Å². The number of aromatic amines is 1. The molecule has 118 valence electrons. The van der Waals surface area contributed by atoms with Gasteiger partial charge in [-0.3, -0.25) is 4.79 Å². The lowest BCUT2D eigenvalue weighted by Crippen LogP contribution is -2.16. The number of nitrogens with one attached hydrogen (secondary N) is 3. The first-order chi connectivity index (χ1) is 11.1. The molecule has 0 saturated heterocycles. The van der Waals surface area contributed by atoms with E-state index in [1.807, 2.05) is 44.3 Å². The van der Waals surface area contributed by atoms with E-state index in [0.29, 0.717) is 11.6 Å². The molecule has 6 nitrogen and oxygen atoms in total. The molecule has 3 aromatic rings. The van der Waals surface area contributed by atoms with E-state index in [1.165, 1.54) is 0 Å².